The molecule has 0 amide bonds. The molecule has 4 nitrogen and oxygen atoms in total. The maximum atomic E-state index is 11.8. The fraction of sp³-hybridized carbons (Fsp3) is 0.400. The third kappa shape index (κ3) is 2.87. The fourth-order valence-electron chi connectivity index (χ4n) is 1.30. The Bertz CT molecular complexity index is 475. The minimum atomic E-state index is -3.51. The van der Waals surface area contributed by atoms with Crippen molar-refractivity contribution in [1.29, 1.82) is 0 Å². The zero-order valence-electron chi connectivity index (χ0n) is 9.41. The first-order valence-corrected chi connectivity index (χ1v) is 6.68. The fourth-order valence-corrected chi connectivity index (χ4v) is 2.78. The third-order valence-electron chi connectivity index (χ3n) is 1.96. The molecule has 1 rings (SSSR count). The molecule has 6 heteroatoms. The first-order chi connectivity index (χ1) is 7.24. The Morgan fingerprint density at radius 2 is 1.94 bits per heavy atom. The molecule has 16 heavy (non-hydrogen) atoms. The number of rotatable bonds is 3. The SMILES string of the molecule is Cc1cc(S(=O)(=O)NC(C)C)cc(N)c1Cl. The molecule has 0 saturated carbocycles. The summed E-state index contributed by atoms with van der Waals surface area (Å²) in [5.74, 6) is 0. The van der Waals surface area contributed by atoms with Crippen molar-refractivity contribution in [2.75, 3.05) is 5.73 Å². The van der Waals surface area contributed by atoms with E-state index in [0.29, 0.717) is 10.6 Å². The number of hydrogen-bond acceptors (Lipinski definition) is 3. The van der Waals surface area contributed by atoms with Crippen molar-refractivity contribution in [3.8, 4) is 0 Å². The maximum absolute atomic E-state index is 11.8. The molecule has 0 fully saturated rings. The van der Waals surface area contributed by atoms with Gasteiger partial charge >= 0.3 is 0 Å². The zero-order chi connectivity index (χ0) is 12.5. The summed E-state index contributed by atoms with van der Waals surface area (Å²) in [5.41, 5.74) is 6.54. The van der Waals surface area contributed by atoms with Crippen LogP contribution in [0.15, 0.2) is 17.0 Å². The van der Waals surface area contributed by atoms with E-state index < -0.39 is 10.0 Å². The van der Waals surface area contributed by atoms with E-state index in [2.05, 4.69) is 4.72 Å². The standard InChI is InChI=1S/C10H15ClN2O2S/c1-6(2)13-16(14,15)8-4-7(3)10(11)9(12)5-8/h4-6,13H,12H2,1-3H3. The van der Waals surface area contributed by atoms with Crippen LogP contribution in [0.4, 0.5) is 5.69 Å². The van der Waals surface area contributed by atoms with E-state index >= 15 is 0 Å². The Hall–Kier alpha value is -0.780. The van der Waals surface area contributed by atoms with Gasteiger partial charge in [0.1, 0.15) is 0 Å². The number of nitrogen functional groups attached to an aromatic ring is 1. The minimum absolute atomic E-state index is 0.139. The summed E-state index contributed by atoms with van der Waals surface area (Å²) in [6.07, 6.45) is 0. The van der Waals surface area contributed by atoms with Gasteiger partial charge in [-0.2, -0.15) is 0 Å². The number of halogens is 1. The molecule has 0 unspecified atom stereocenters. The first kappa shape index (κ1) is 13.3. The summed E-state index contributed by atoms with van der Waals surface area (Å²) >= 11 is 5.87. The summed E-state index contributed by atoms with van der Waals surface area (Å²) in [5, 5.41) is 0.392. The summed E-state index contributed by atoms with van der Waals surface area (Å²) in [6.45, 7) is 5.22. The van der Waals surface area contributed by atoms with Gasteiger partial charge in [-0.05, 0) is 38.5 Å². The molecule has 0 aromatic heterocycles. The highest BCUT2D eigenvalue weighted by atomic mass is 35.5. The quantitative estimate of drug-likeness (QED) is 0.818. The maximum Gasteiger partial charge on any atom is 0.240 e. The van der Waals surface area contributed by atoms with Crippen molar-refractivity contribution in [2.45, 2.75) is 31.7 Å². The Kier molecular flexibility index (Phi) is 3.83. The molecule has 0 spiro atoms. The predicted molar refractivity (Wildman–Crippen MR) is 66.1 cm³/mol. The number of anilines is 1. The van der Waals surface area contributed by atoms with Crippen LogP contribution in [-0.2, 0) is 10.0 Å². The van der Waals surface area contributed by atoms with Crippen molar-refractivity contribution < 1.29 is 8.42 Å². The highest BCUT2D eigenvalue weighted by Gasteiger charge is 2.17. The molecular weight excluding hydrogens is 248 g/mol. The monoisotopic (exact) mass is 262 g/mol. The van der Waals surface area contributed by atoms with Crippen LogP contribution in [-0.4, -0.2) is 14.5 Å². The topological polar surface area (TPSA) is 72.2 Å². The summed E-state index contributed by atoms with van der Waals surface area (Å²) in [4.78, 5) is 0.139. The minimum Gasteiger partial charge on any atom is -0.397 e. The van der Waals surface area contributed by atoms with Crippen LogP contribution in [0, 0.1) is 6.92 Å². The second kappa shape index (κ2) is 4.61. The average Bonchev–Trinajstić information content (AvgIpc) is 2.11. The van der Waals surface area contributed by atoms with E-state index in [9.17, 15) is 8.42 Å². The second-order valence-corrected chi connectivity index (χ2v) is 6.01. The Morgan fingerprint density at radius 3 is 2.38 bits per heavy atom. The molecule has 0 aliphatic rings. The van der Waals surface area contributed by atoms with Crippen LogP contribution < -0.4 is 10.5 Å². The van der Waals surface area contributed by atoms with Gasteiger partial charge in [0.05, 0.1) is 15.6 Å². The highest BCUT2D eigenvalue weighted by Crippen LogP contribution is 2.26. The van der Waals surface area contributed by atoms with Gasteiger partial charge in [0.25, 0.3) is 0 Å². The summed E-state index contributed by atoms with van der Waals surface area (Å²) < 4.78 is 26.2. The van der Waals surface area contributed by atoms with Crippen LogP contribution in [0.25, 0.3) is 0 Å². The third-order valence-corrected chi connectivity index (χ3v) is 4.11. The molecule has 0 aliphatic carbocycles. The van der Waals surface area contributed by atoms with Gasteiger partial charge < -0.3 is 5.73 Å². The molecule has 0 aliphatic heterocycles. The van der Waals surface area contributed by atoms with Crippen LogP contribution >= 0.6 is 11.6 Å². The molecule has 3 N–H and O–H groups in total. The van der Waals surface area contributed by atoms with Gasteiger partial charge in [-0.15, -0.1) is 0 Å². The van der Waals surface area contributed by atoms with E-state index in [0.717, 1.165) is 0 Å². The van der Waals surface area contributed by atoms with Crippen LogP contribution in [0.3, 0.4) is 0 Å². The summed E-state index contributed by atoms with van der Waals surface area (Å²) in [7, 11) is -3.51. The number of benzene rings is 1. The van der Waals surface area contributed by atoms with Crippen molar-refractivity contribution >= 4 is 27.3 Å². The van der Waals surface area contributed by atoms with Gasteiger partial charge in [-0.1, -0.05) is 11.6 Å². The van der Waals surface area contributed by atoms with E-state index in [-0.39, 0.29) is 16.6 Å². The number of nitrogens with one attached hydrogen (secondary N) is 1. The van der Waals surface area contributed by atoms with E-state index in [4.69, 9.17) is 17.3 Å². The zero-order valence-corrected chi connectivity index (χ0v) is 11.0. The number of nitrogens with two attached hydrogens (primary N) is 1. The molecule has 90 valence electrons. The Labute approximate surface area is 101 Å². The number of aryl methyl sites for hydroxylation is 1. The van der Waals surface area contributed by atoms with Crippen molar-refractivity contribution in [1.82, 2.24) is 4.72 Å². The normalized spacial score (nSPS) is 12.1. The molecule has 0 bridgehead atoms. The molecule has 0 saturated heterocycles. The Balaban J connectivity index is 3.25. The molecule has 0 heterocycles. The van der Waals surface area contributed by atoms with Gasteiger partial charge in [0, 0.05) is 6.04 Å². The van der Waals surface area contributed by atoms with Crippen LogP contribution in [0.2, 0.25) is 5.02 Å². The number of hydrogen-bond donors (Lipinski definition) is 2. The van der Waals surface area contributed by atoms with E-state index in [1.54, 1.807) is 20.8 Å². The largest absolute Gasteiger partial charge is 0.397 e. The molecule has 0 radical (unpaired) electrons. The van der Waals surface area contributed by atoms with E-state index in [1.807, 2.05) is 0 Å². The molecule has 1 aromatic carbocycles. The lowest BCUT2D eigenvalue weighted by atomic mass is 10.2. The van der Waals surface area contributed by atoms with Gasteiger partial charge in [-0.3, -0.25) is 0 Å². The second-order valence-electron chi connectivity index (χ2n) is 3.92. The predicted octanol–water partition coefficient (Wildman–Crippen LogP) is 1.92. The highest BCUT2D eigenvalue weighted by molar-refractivity contribution is 7.89. The van der Waals surface area contributed by atoms with Crippen molar-refractivity contribution in [2.24, 2.45) is 0 Å². The van der Waals surface area contributed by atoms with E-state index in [1.165, 1.54) is 12.1 Å². The molecule has 1 aromatic rings. The Morgan fingerprint density at radius 1 is 1.38 bits per heavy atom. The van der Waals surface area contributed by atoms with Gasteiger partial charge in [-0.25, -0.2) is 13.1 Å². The lowest BCUT2D eigenvalue weighted by molar-refractivity contribution is 0.570. The first-order valence-electron chi connectivity index (χ1n) is 4.82. The lowest BCUT2D eigenvalue weighted by Crippen LogP contribution is -2.30. The van der Waals surface area contributed by atoms with Crippen molar-refractivity contribution in [3.63, 3.8) is 0 Å². The average molecular weight is 263 g/mol. The van der Waals surface area contributed by atoms with Crippen LogP contribution in [0.1, 0.15) is 19.4 Å². The lowest BCUT2D eigenvalue weighted by Gasteiger charge is -2.11. The molecular formula is C10H15ClN2O2S. The van der Waals surface area contributed by atoms with Crippen molar-refractivity contribution in [3.05, 3.63) is 22.7 Å². The smallest absolute Gasteiger partial charge is 0.240 e. The molecule has 0 atom stereocenters. The van der Waals surface area contributed by atoms with Gasteiger partial charge in [0.15, 0.2) is 0 Å². The van der Waals surface area contributed by atoms with Crippen LogP contribution in [0.5, 0.6) is 0 Å². The number of sulfonamides is 1. The summed E-state index contributed by atoms with van der Waals surface area (Å²) in [6, 6.07) is 2.70. The van der Waals surface area contributed by atoms with Gasteiger partial charge in [0.2, 0.25) is 10.0 Å².